The average molecular weight is 540 g/mol. The lowest BCUT2D eigenvalue weighted by Gasteiger charge is -2.36. The summed E-state index contributed by atoms with van der Waals surface area (Å²) in [6.07, 6.45) is -0.0779. The summed E-state index contributed by atoms with van der Waals surface area (Å²) >= 11 is 0. The standard InChI is InChI=1S/C26H31F2N9O2/c1-34(26-31-24-14-20(22-3-2-12-38-22)33-37(24)25(29)32-26)6-7-35-8-10-36(11-9-35)21-5-4-17(13-18(21)27)39-23-16-30-15-19(23)28/h2-5,12-14,19,23,30H,6-11,15-16H2,1H3,(H2,29,31,32)/t19-,23-/m0/s1. The number of hydrogen-bond donors (Lipinski definition) is 2. The van der Waals surface area contributed by atoms with Crippen LogP contribution < -0.4 is 25.6 Å². The first-order valence-electron chi connectivity index (χ1n) is 13.0. The van der Waals surface area contributed by atoms with Gasteiger partial charge in [0, 0.05) is 71.5 Å². The fourth-order valence-electron chi connectivity index (χ4n) is 4.95. The zero-order valence-corrected chi connectivity index (χ0v) is 21.6. The fourth-order valence-corrected chi connectivity index (χ4v) is 4.95. The van der Waals surface area contributed by atoms with Crippen LogP contribution in [0.1, 0.15) is 0 Å². The van der Waals surface area contributed by atoms with Crippen molar-refractivity contribution in [3.05, 3.63) is 48.5 Å². The Labute approximate surface area is 224 Å². The number of aromatic nitrogens is 4. The van der Waals surface area contributed by atoms with Gasteiger partial charge >= 0.3 is 0 Å². The van der Waals surface area contributed by atoms with E-state index < -0.39 is 12.3 Å². The first-order valence-corrected chi connectivity index (χ1v) is 13.0. The molecular formula is C26H31F2N9O2. The number of nitrogen functional groups attached to an aromatic ring is 1. The molecule has 0 radical (unpaired) electrons. The first-order chi connectivity index (χ1) is 18.9. The summed E-state index contributed by atoms with van der Waals surface area (Å²) in [6, 6.07) is 10.2. The van der Waals surface area contributed by atoms with Gasteiger partial charge in [0.2, 0.25) is 11.9 Å². The Balaban J connectivity index is 1.02. The van der Waals surface area contributed by atoms with Crippen LogP contribution in [0.15, 0.2) is 47.1 Å². The molecule has 13 heteroatoms. The third-order valence-corrected chi connectivity index (χ3v) is 7.21. The Kier molecular flexibility index (Phi) is 6.92. The lowest BCUT2D eigenvalue weighted by atomic mass is 10.2. The second-order valence-corrected chi connectivity index (χ2v) is 9.85. The van der Waals surface area contributed by atoms with Crippen LogP contribution >= 0.6 is 0 Å². The van der Waals surface area contributed by atoms with Crippen molar-refractivity contribution in [1.29, 1.82) is 0 Å². The molecule has 4 aromatic rings. The topological polar surface area (TPSA) is 113 Å². The maximum Gasteiger partial charge on any atom is 0.230 e. The van der Waals surface area contributed by atoms with Crippen LogP contribution in [-0.4, -0.2) is 96.2 Å². The van der Waals surface area contributed by atoms with Crippen molar-refractivity contribution in [2.45, 2.75) is 12.3 Å². The van der Waals surface area contributed by atoms with Crippen LogP contribution in [0.3, 0.4) is 0 Å². The van der Waals surface area contributed by atoms with Crippen LogP contribution in [0.4, 0.5) is 26.4 Å². The van der Waals surface area contributed by atoms with E-state index in [9.17, 15) is 8.78 Å². The number of piperazine rings is 1. The Morgan fingerprint density at radius 2 is 2.00 bits per heavy atom. The average Bonchev–Trinajstić information content (AvgIpc) is 3.70. The highest BCUT2D eigenvalue weighted by atomic mass is 19.1. The fraction of sp³-hybridized carbons (Fsp3) is 0.423. The van der Waals surface area contributed by atoms with E-state index in [0.29, 0.717) is 60.7 Å². The molecule has 2 aliphatic heterocycles. The van der Waals surface area contributed by atoms with Crippen LogP contribution in [0.5, 0.6) is 5.75 Å². The van der Waals surface area contributed by atoms with Gasteiger partial charge in [-0.25, -0.2) is 8.78 Å². The van der Waals surface area contributed by atoms with Gasteiger partial charge in [-0.15, -0.1) is 0 Å². The van der Waals surface area contributed by atoms with Crippen molar-refractivity contribution < 1.29 is 17.9 Å². The maximum absolute atomic E-state index is 14.9. The molecule has 0 aliphatic carbocycles. The summed E-state index contributed by atoms with van der Waals surface area (Å²) in [5.41, 5.74) is 7.92. The van der Waals surface area contributed by atoms with E-state index in [2.05, 4.69) is 25.3 Å². The number of nitrogens with two attached hydrogens (primary N) is 1. The van der Waals surface area contributed by atoms with Gasteiger partial charge in [-0.05, 0) is 24.3 Å². The smallest absolute Gasteiger partial charge is 0.230 e. The SMILES string of the molecule is CN(CCN1CCN(c2ccc(O[C@H]3CNC[C@@H]3F)cc2F)CC1)c1nc(N)n2nc(-c3ccco3)cc2n1. The molecule has 0 amide bonds. The molecule has 206 valence electrons. The minimum Gasteiger partial charge on any atom is -0.486 e. The third kappa shape index (κ3) is 5.32. The molecule has 3 aromatic heterocycles. The number of nitrogens with zero attached hydrogens (tertiary/aromatic N) is 7. The number of hydrogen-bond acceptors (Lipinski definition) is 10. The summed E-state index contributed by atoms with van der Waals surface area (Å²) in [4.78, 5) is 15.4. The number of furan rings is 1. The molecule has 11 nitrogen and oxygen atoms in total. The van der Waals surface area contributed by atoms with E-state index in [4.69, 9.17) is 14.9 Å². The Morgan fingerprint density at radius 1 is 1.15 bits per heavy atom. The molecule has 39 heavy (non-hydrogen) atoms. The largest absolute Gasteiger partial charge is 0.486 e. The van der Waals surface area contributed by atoms with Crippen molar-refractivity contribution in [3.63, 3.8) is 0 Å². The predicted molar refractivity (Wildman–Crippen MR) is 143 cm³/mol. The van der Waals surface area contributed by atoms with Crippen LogP contribution in [-0.2, 0) is 0 Å². The molecule has 0 unspecified atom stereocenters. The van der Waals surface area contributed by atoms with Gasteiger partial charge in [-0.1, -0.05) is 0 Å². The number of benzene rings is 1. The Hall–Kier alpha value is -3.97. The van der Waals surface area contributed by atoms with Gasteiger partial charge in [0.25, 0.3) is 0 Å². The normalized spacial score (nSPS) is 20.1. The van der Waals surface area contributed by atoms with E-state index in [0.717, 1.165) is 19.6 Å². The Bertz CT molecular complexity index is 1420. The monoisotopic (exact) mass is 539 g/mol. The van der Waals surface area contributed by atoms with Crippen molar-refractivity contribution in [2.24, 2.45) is 0 Å². The van der Waals surface area contributed by atoms with Crippen LogP contribution in [0.2, 0.25) is 0 Å². The molecule has 2 fully saturated rings. The lowest BCUT2D eigenvalue weighted by Crippen LogP contribution is -2.48. The summed E-state index contributed by atoms with van der Waals surface area (Å²) < 4.78 is 41.2. The predicted octanol–water partition coefficient (Wildman–Crippen LogP) is 2.05. The van der Waals surface area contributed by atoms with Gasteiger partial charge in [-0.3, -0.25) is 4.90 Å². The van der Waals surface area contributed by atoms with Crippen molar-refractivity contribution in [2.75, 3.05) is 74.9 Å². The molecule has 0 bridgehead atoms. The van der Waals surface area contributed by atoms with Crippen molar-refractivity contribution >= 4 is 23.2 Å². The number of anilines is 3. The highest BCUT2D eigenvalue weighted by Gasteiger charge is 2.29. The molecule has 0 spiro atoms. The summed E-state index contributed by atoms with van der Waals surface area (Å²) in [5, 5.41) is 7.37. The molecule has 3 N–H and O–H groups in total. The Morgan fingerprint density at radius 3 is 2.72 bits per heavy atom. The molecule has 6 rings (SSSR count). The van der Waals surface area contributed by atoms with Gasteiger partial charge in [0.05, 0.1) is 12.0 Å². The molecule has 2 aliphatic rings. The zero-order valence-electron chi connectivity index (χ0n) is 21.6. The van der Waals surface area contributed by atoms with Crippen LogP contribution in [0.25, 0.3) is 17.1 Å². The van der Waals surface area contributed by atoms with E-state index in [-0.39, 0.29) is 18.3 Å². The van der Waals surface area contributed by atoms with Gasteiger partial charge in [0.1, 0.15) is 23.4 Å². The summed E-state index contributed by atoms with van der Waals surface area (Å²) in [5.74, 6) is 1.39. The zero-order chi connectivity index (χ0) is 26.9. The third-order valence-electron chi connectivity index (χ3n) is 7.21. The minimum atomic E-state index is -1.09. The van der Waals surface area contributed by atoms with E-state index >= 15 is 0 Å². The second-order valence-electron chi connectivity index (χ2n) is 9.85. The van der Waals surface area contributed by atoms with Gasteiger partial charge in [-0.2, -0.15) is 19.6 Å². The lowest BCUT2D eigenvalue weighted by molar-refractivity contribution is 0.139. The van der Waals surface area contributed by atoms with E-state index in [1.54, 1.807) is 24.5 Å². The molecule has 2 saturated heterocycles. The minimum absolute atomic E-state index is 0.246. The number of halogens is 2. The molecule has 0 saturated carbocycles. The number of alkyl halides is 1. The maximum atomic E-state index is 14.9. The molecular weight excluding hydrogens is 508 g/mol. The second kappa shape index (κ2) is 10.7. The van der Waals surface area contributed by atoms with Crippen LogP contribution in [0, 0.1) is 5.82 Å². The quantitative estimate of drug-likeness (QED) is 0.345. The highest BCUT2D eigenvalue weighted by molar-refractivity contribution is 5.61. The van der Waals surface area contributed by atoms with Crippen molar-refractivity contribution in [3.8, 4) is 17.2 Å². The van der Waals surface area contributed by atoms with Gasteiger partial charge < -0.3 is 30.0 Å². The van der Waals surface area contributed by atoms with Gasteiger partial charge in [0.15, 0.2) is 17.6 Å². The number of rotatable bonds is 8. The number of likely N-dealkylation sites (N-methyl/N-ethyl adjacent to an activating group) is 1. The highest BCUT2D eigenvalue weighted by Crippen LogP contribution is 2.27. The summed E-state index contributed by atoms with van der Waals surface area (Å²) in [6.45, 7) is 5.15. The van der Waals surface area contributed by atoms with Crippen molar-refractivity contribution in [1.82, 2.24) is 29.8 Å². The molecule has 2 atom stereocenters. The van der Waals surface area contributed by atoms with E-state index in [1.807, 2.05) is 29.0 Å². The molecule has 5 heterocycles. The first kappa shape index (κ1) is 25.3. The number of ether oxygens (including phenoxy) is 1. The summed E-state index contributed by atoms with van der Waals surface area (Å²) in [7, 11) is 1.93. The number of fused-ring (bicyclic) bond motifs is 1. The van der Waals surface area contributed by atoms with E-state index in [1.165, 1.54) is 10.6 Å². The number of nitrogens with one attached hydrogen (secondary N) is 1. The molecule has 1 aromatic carbocycles.